The number of nitrogens with one attached hydrogen (secondary N) is 1. The molecule has 16 heavy (non-hydrogen) atoms. The Kier molecular flexibility index (Phi) is 5.94. The highest BCUT2D eigenvalue weighted by molar-refractivity contribution is 8.00. The summed E-state index contributed by atoms with van der Waals surface area (Å²) in [7, 11) is 0. The zero-order valence-electron chi connectivity index (χ0n) is 9.48. The van der Waals surface area contributed by atoms with Crippen molar-refractivity contribution < 1.29 is 4.79 Å². The summed E-state index contributed by atoms with van der Waals surface area (Å²) in [6.45, 7) is 0.711. The van der Waals surface area contributed by atoms with E-state index in [0.717, 1.165) is 18.6 Å². The number of rotatable bonds is 3. The van der Waals surface area contributed by atoms with Gasteiger partial charge in [-0.25, -0.2) is 0 Å². The van der Waals surface area contributed by atoms with Gasteiger partial charge in [-0.05, 0) is 43.9 Å². The second kappa shape index (κ2) is 6.72. The molecule has 3 unspecified atom stereocenters. The van der Waals surface area contributed by atoms with Crippen LogP contribution in [0.25, 0.3) is 0 Å². The molecule has 1 amide bonds. The van der Waals surface area contributed by atoms with Crippen LogP contribution in [0.2, 0.25) is 0 Å². The van der Waals surface area contributed by atoms with Gasteiger partial charge < -0.3 is 11.1 Å². The summed E-state index contributed by atoms with van der Waals surface area (Å²) in [5.74, 6) is 1.91. The number of hydrogen-bond donors (Lipinski definition) is 2. The SMILES string of the molecule is Cl.NCC1CCCC1NC(=O)C1CCCS1. The van der Waals surface area contributed by atoms with E-state index in [1.807, 2.05) is 0 Å². The monoisotopic (exact) mass is 264 g/mol. The van der Waals surface area contributed by atoms with E-state index in [0.29, 0.717) is 18.5 Å². The smallest absolute Gasteiger partial charge is 0.233 e. The first kappa shape index (κ1) is 14.1. The summed E-state index contributed by atoms with van der Waals surface area (Å²) in [4.78, 5) is 11.9. The second-order valence-electron chi connectivity index (χ2n) is 4.54. The number of carbonyl (C=O) groups is 1. The molecule has 0 radical (unpaired) electrons. The van der Waals surface area contributed by atoms with Crippen molar-refractivity contribution in [1.29, 1.82) is 0 Å². The average molecular weight is 265 g/mol. The molecule has 3 nitrogen and oxygen atoms in total. The summed E-state index contributed by atoms with van der Waals surface area (Å²) >= 11 is 1.80. The third-order valence-corrected chi connectivity index (χ3v) is 4.89. The lowest BCUT2D eigenvalue weighted by atomic mass is 10.0. The second-order valence-corrected chi connectivity index (χ2v) is 5.85. The molecule has 5 heteroatoms. The minimum absolute atomic E-state index is 0. The van der Waals surface area contributed by atoms with E-state index in [1.54, 1.807) is 11.8 Å². The molecular formula is C11H21ClN2OS. The molecule has 1 saturated heterocycles. The van der Waals surface area contributed by atoms with Crippen molar-refractivity contribution in [1.82, 2.24) is 5.32 Å². The highest BCUT2D eigenvalue weighted by Gasteiger charge is 2.30. The van der Waals surface area contributed by atoms with E-state index < -0.39 is 0 Å². The number of hydrogen-bond acceptors (Lipinski definition) is 3. The summed E-state index contributed by atoms with van der Waals surface area (Å²) in [5, 5.41) is 3.39. The van der Waals surface area contributed by atoms with Gasteiger partial charge in [0.1, 0.15) is 0 Å². The Bertz CT molecular complexity index is 234. The first-order valence-corrected chi connectivity index (χ1v) is 6.98. The highest BCUT2D eigenvalue weighted by Crippen LogP contribution is 2.28. The molecule has 1 saturated carbocycles. The zero-order chi connectivity index (χ0) is 10.7. The molecule has 2 rings (SSSR count). The molecule has 1 heterocycles. The summed E-state index contributed by atoms with van der Waals surface area (Å²) < 4.78 is 0. The fraction of sp³-hybridized carbons (Fsp3) is 0.909. The van der Waals surface area contributed by atoms with Crippen molar-refractivity contribution in [3.05, 3.63) is 0 Å². The van der Waals surface area contributed by atoms with Crippen molar-refractivity contribution in [2.75, 3.05) is 12.3 Å². The molecule has 3 N–H and O–H groups in total. The third kappa shape index (κ3) is 3.28. The number of halogens is 1. The van der Waals surface area contributed by atoms with Gasteiger partial charge in [-0.2, -0.15) is 0 Å². The predicted molar refractivity (Wildman–Crippen MR) is 71.1 cm³/mol. The van der Waals surface area contributed by atoms with Gasteiger partial charge in [-0.15, -0.1) is 24.2 Å². The fourth-order valence-electron chi connectivity index (χ4n) is 2.57. The Labute approximate surface area is 108 Å². The molecule has 2 aliphatic rings. The number of thioether (sulfide) groups is 1. The van der Waals surface area contributed by atoms with Gasteiger partial charge in [0, 0.05) is 6.04 Å². The van der Waals surface area contributed by atoms with Gasteiger partial charge in [-0.3, -0.25) is 4.79 Å². The van der Waals surface area contributed by atoms with Crippen molar-refractivity contribution in [2.24, 2.45) is 11.7 Å². The van der Waals surface area contributed by atoms with E-state index in [1.165, 1.54) is 19.3 Å². The van der Waals surface area contributed by atoms with Gasteiger partial charge in [0.15, 0.2) is 0 Å². The zero-order valence-corrected chi connectivity index (χ0v) is 11.1. The highest BCUT2D eigenvalue weighted by atomic mass is 35.5. The molecule has 1 aliphatic heterocycles. The molecule has 3 atom stereocenters. The average Bonchev–Trinajstić information content (AvgIpc) is 2.87. The number of amides is 1. The summed E-state index contributed by atoms with van der Waals surface area (Å²) in [6, 6.07) is 0.351. The molecular weight excluding hydrogens is 244 g/mol. The third-order valence-electron chi connectivity index (χ3n) is 3.51. The van der Waals surface area contributed by atoms with Crippen LogP contribution in [0.4, 0.5) is 0 Å². The molecule has 2 fully saturated rings. The Balaban J connectivity index is 0.00000128. The van der Waals surface area contributed by atoms with Gasteiger partial charge in [0.2, 0.25) is 5.91 Å². The first-order valence-electron chi connectivity index (χ1n) is 5.93. The van der Waals surface area contributed by atoms with Crippen LogP contribution < -0.4 is 11.1 Å². The van der Waals surface area contributed by atoms with Crippen LogP contribution in [0.5, 0.6) is 0 Å². The Morgan fingerprint density at radius 1 is 1.31 bits per heavy atom. The van der Waals surface area contributed by atoms with Gasteiger partial charge >= 0.3 is 0 Å². The summed E-state index contributed by atoms with van der Waals surface area (Å²) in [5.41, 5.74) is 5.70. The minimum atomic E-state index is 0. The van der Waals surface area contributed by atoms with Crippen molar-refractivity contribution in [2.45, 2.75) is 43.4 Å². The van der Waals surface area contributed by atoms with Gasteiger partial charge in [0.25, 0.3) is 0 Å². The minimum Gasteiger partial charge on any atom is -0.352 e. The fourth-order valence-corrected chi connectivity index (χ4v) is 3.74. The predicted octanol–water partition coefficient (Wildman–Crippen LogP) is 1.55. The lowest BCUT2D eigenvalue weighted by Gasteiger charge is -2.21. The van der Waals surface area contributed by atoms with E-state index in [-0.39, 0.29) is 23.6 Å². The van der Waals surface area contributed by atoms with Crippen LogP contribution in [-0.4, -0.2) is 29.5 Å². The van der Waals surface area contributed by atoms with E-state index in [2.05, 4.69) is 5.32 Å². The van der Waals surface area contributed by atoms with Crippen LogP contribution in [0, 0.1) is 5.92 Å². The van der Waals surface area contributed by atoms with Crippen LogP contribution in [0.1, 0.15) is 32.1 Å². The van der Waals surface area contributed by atoms with E-state index >= 15 is 0 Å². The maximum absolute atomic E-state index is 11.9. The normalized spacial score (nSPS) is 33.4. The van der Waals surface area contributed by atoms with E-state index in [9.17, 15) is 4.79 Å². The standard InChI is InChI=1S/C11H20N2OS.ClH/c12-7-8-3-1-4-9(8)13-11(14)10-5-2-6-15-10;/h8-10H,1-7,12H2,(H,13,14);1H. The lowest BCUT2D eigenvalue weighted by molar-refractivity contribution is -0.121. The molecule has 0 bridgehead atoms. The first-order chi connectivity index (χ1) is 7.31. The van der Waals surface area contributed by atoms with Crippen molar-refractivity contribution in [3.63, 3.8) is 0 Å². The number of nitrogens with two attached hydrogens (primary N) is 1. The van der Waals surface area contributed by atoms with E-state index in [4.69, 9.17) is 5.73 Å². The van der Waals surface area contributed by atoms with Gasteiger partial charge in [-0.1, -0.05) is 6.42 Å². The maximum Gasteiger partial charge on any atom is 0.233 e. The van der Waals surface area contributed by atoms with Crippen LogP contribution in [0.3, 0.4) is 0 Å². The number of carbonyl (C=O) groups excluding carboxylic acids is 1. The molecule has 0 spiro atoms. The molecule has 94 valence electrons. The van der Waals surface area contributed by atoms with Crippen LogP contribution in [0.15, 0.2) is 0 Å². The molecule has 0 aromatic rings. The van der Waals surface area contributed by atoms with Crippen molar-refractivity contribution >= 4 is 30.1 Å². The lowest BCUT2D eigenvalue weighted by Crippen LogP contribution is -2.43. The molecule has 0 aromatic heterocycles. The molecule has 0 aromatic carbocycles. The topological polar surface area (TPSA) is 55.1 Å². The Morgan fingerprint density at radius 2 is 2.12 bits per heavy atom. The van der Waals surface area contributed by atoms with Crippen LogP contribution in [-0.2, 0) is 4.79 Å². The Morgan fingerprint density at radius 3 is 2.75 bits per heavy atom. The van der Waals surface area contributed by atoms with Gasteiger partial charge in [0.05, 0.1) is 5.25 Å². The molecule has 1 aliphatic carbocycles. The van der Waals surface area contributed by atoms with Crippen molar-refractivity contribution in [3.8, 4) is 0 Å². The maximum atomic E-state index is 11.9. The largest absolute Gasteiger partial charge is 0.352 e. The Hall–Kier alpha value is 0.0700. The quantitative estimate of drug-likeness (QED) is 0.813. The summed E-state index contributed by atoms with van der Waals surface area (Å²) in [6.07, 6.45) is 5.75. The van der Waals surface area contributed by atoms with Crippen LogP contribution >= 0.6 is 24.2 Å².